The van der Waals surface area contributed by atoms with Crippen molar-refractivity contribution in [3.8, 4) is 0 Å². The summed E-state index contributed by atoms with van der Waals surface area (Å²) in [5, 5.41) is 3.41. The highest BCUT2D eigenvalue weighted by Crippen LogP contribution is 2.34. The molecule has 8 nitrogen and oxygen atoms in total. The Morgan fingerprint density at radius 1 is 1.28 bits per heavy atom. The third-order valence-electron chi connectivity index (χ3n) is 5.81. The lowest BCUT2D eigenvalue weighted by Gasteiger charge is -2.33. The van der Waals surface area contributed by atoms with Gasteiger partial charge in [-0.1, -0.05) is 12.1 Å². The van der Waals surface area contributed by atoms with Gasteiger partial charge in [0, 0.05) is 23.5 Å². The van der Waals surface area contributed by atoms with E-state index in [0.717, 1.165) is 16.9 Å². The molecule has 4 rings (SSSR count). The predicted molar refractivity (Wildman–Crippen MR) is 123 cm³/mol. The van der Waals surface area contributed by atoms with Gasteiger partial charge in [0.05, 0.1) is 18.1 Å². The Kier molecular flexibility index (Phi) is 6.09. The van der Waals surface area contributed by atoms with E-state index in [1.54, 1.807) is 31.2 Å². The first-order valence-electron chi connectivity index (χ1n) is 10.5. The van der Waals surface area contributed by atoms with Crippen molar-refractivity contribution in [2.24, 2.45) is 10.3 Å². The van der Waals surface area contributed by atoms with Crippen LogP contribution in [-0.4, -0.2) is 50.7 Å². The van der Waals surface area contributed by atoms with E-state index < -0.39 is 16.0 Å². The van der Waals surface area contributed by atoms with E-state index in [2.05, 4.69) is 9.71 Å². The van der Waals surface area contributed by atoms with E-state index in [4.69, 9.17) is 4.74 Å². The molecule has 2 aliphatic heterocycles. The van der Waals surface area contributed by atoms with E-state index in [1.165, 1.54) is 11.3 Å². The molecule has 1 saturated heterocycles. The normalized spacial score (nSPS) is 19.3. The molecule has 1 fully saturated rings. The van der Waals surface area contributed by atoms with Crippen LogP contribution in [0.5, 0.6) is 0 Å². The SMILES string of the molecule is CCOC(=O)c1c(NC(=O)[C@@H]2CCCN(C3=NS(=O)(=O)c4ccccc43)C2)sc(C)c1C. The third-order valence-corrected chi connectivity index (χ3v) is 8.25. The zero-order chi connectivity index (χ0) is 23.0. The lowest BCUT2D eigenvalue weighted by atomic mass is 9.96. The highest BCUT2D eigenvalue weighted by atomic mass is 32.2. The van der Waals surface area contributed by atoms with Gasteiger partial charge in [-0.15, -0.1) is 15.7 Å². The molecule has 1 amide bonds. The molecule has 3 heterocycles. The molecule has 0 radical (unpaired) electrons. The number of sulfonamides is 1. The molecule has 32 heavy (non-hydrogen) atoms. The van der Waals surface area contributed by atoms with E-state index in [-0.39, 0.29) is 23.3 Å². The molecule has 0 bridgehead atoms. The van der Waals surface area contributed by atoms with Crippen LogP contribution >= 0.6 is 11.3 Å². The summed E-state index contributed by atoms with van der Waals surface area (Å²) >= 11 is 1.35. The minimum Gasteiger partial charge on any atom is -0.462 e. The fraction of sp³-hybridized carbons (Fsp3) is 0.409. The number of carbonyl (C=O) groups is 2. The number of rotatable bonds is 4. The van der Waals surface area contributed by atoms with Gasteiger partial charge in [-0.25, -0.2) is 4.79 Å². The number of ether oxygens (including phenoxy) is 1. The van der Waals surface area contributed by atoms with Crippen molar-refractivity contribution < 1.29 is 22.7 Å². The second kappa shape index (κ2) is 8.67. The van der Waals surface area contributed by atoms with Crippen LogP contribution in [0.15, 0.2) is 33.6 Å². The number of benzene rings is 1. The summed E-state index contributed by atoms with van der Waals surface area (Å²) in [6.07, 6.45) is 1.40. The van der Waals surface area contributed by atoms with Crippen molar-refractivity contribution >= 4 is 44.1 Å². The number of hydrogen-bond acceptors (Lipinski definition) is 7. The van der Waals surface area contributed by atoms with Crippen LogP contribution in [-0.2, 0) is 19.6 Å². The molecule has 2 aromatic rings. The fourth-order valence-corrected chi connectivity index (χ4v) is 6.36. The summed E-state index contributed by atoms with van der Waals surface area (Å²) in [7, 11) is -3.72. The molecule has 1 aromatic heterocycles. The van der Waals surface area contributed by atoms with Crippen LogP contribution in [0.3, 0.4) is 0 Å². The van der Waals surface area contributed by atoms with Crippen LogP contribution in [0, 0.1) is 19.8 Å². The topological polar surface area (TPSA) is 105 Å². The van der Waals surface area contributed by atoms with E-state index in [1.807, 2.05) is 18.7 Å². The number of fused-ring (bicyclic) bond motifs is 1. The second-order valence-electron chi connectivity index (χ2n) is 7.87. The first-order valence-corrected chi connectivity index (χ1v) is 12.8. The smallest absolute Gasteiger partial charge is 0.341 e. The molecule has 0 unspecified atom stereocenters. The van der Waals surface area contributed by atoms with Crippen LogP contribution in [0.4, 0.5) is 5.00 Å². The van der Waals surface area contributed by atoms with Crippen molar-refractivity contribution in [2.45, 2.75) is 38.5 Å². The maximum atomic E-state index is 13.1. The first kappa shape index (κ1) is 22.5. The molecular formula is C22H25N3O5S2. The van der Waals surface area contributed by atoms with Gasteiger partial charge in [0.15, 0.2) is 5.84 Å². The number of piperidine rings is 1. The summed E-state index contributed by atoms with van der Waals surface area (Å²) in [4.78, 5) is 28.5. The number of nitrogens with zero attached hydrogens (tertiary/aromatic N) is 2. The van der Waals surface area contributed by atoms with Crippen LogP contribution in [0.1, 0.15) is 46.1 Å². The molecule has 10 heteroatoms. The highest BCUT2D eigenvalue weighted by molar-refractivity contribution is 7.90. The maximum Gasteiger partial charge on any atom is 0.341 e. The second-order valence-corrected chi connectivity index (χ2v) is 10.7. The van der Waals surface area contributed by atoms with Gasteiger partial charge in [-0.05, 0) is 51.3 Å². The number of aryl methyl sites for hydroxylation is 1. The van der Waals surface area contributed by atoms with E-state index in [9.17, 15) is 18.0 Å². The number of thiophene rings is 1. The summed E-state index contributed by atoms with van der Waals surface area (Å²) in [6.45, 7) is 6.71. The Balaban J connectivity index is 1.54. The molecule has 1 N–H and O–H groups in total. The predicted octanol–water partition coefficient (Wildman–Crippen LogP) is 3.34. The van der Waals surface area contributed by atoms with Gasteiger partial charge in [0.2, 0.25) is 5.91 Å². The van der Waals surface area contributed by atoms with Crippen LogP contribution in [0.25, 0.3) is 0 Å². The van der Waals surface area contributed by atoms with Crippen LogP contribution < -0.4 is 5.32 Å². The zero-order valence-corrected chi connectivity index (χ0v) is 19.8. The lowest BCUT2D eigenvalue weighted by molar-refractivity contribution is -0.121. The van der Waals surface area contributed by atoms with Gasteiger partial charge < -0.3 is 15.0 Å². The van der Waals surface area contributed by atoms with E-state index >= 15 is 0 Å². The van der Waals surface area contributed by atoms with Gasteiger partial charge in [0.25, 0.3) is 10.0 Å². The Morgan fingerprint density at radius 3 is 2.78 bits per heavy atom. The zero-order valence-electron chi connectivity index (χ0n) is 18.2. The summed E-state index contributed by atoms with van der Waals surface area (Å²) < 4.78 is 34.0. The Hall–Kier alpha value is -2.72. The van der Waals surface area contributed by atoms with Gasteiger partial charge in [0.1, 0.15) is 9.90 Å². The van der Waals surface area contributed by atoms with Gasteiger partial charge in [-0.3, -0.25) is 4.79 Å². The number of nitrogens with one attached hydrogen (secondary N) is 1. The molecule has 2 aliphatic rings. The van der Waals surface area contributed by atoms with Crippen molar-refractivity contribution in [3.63, 3.8) is 0 Å². The number of anilines is 1. The average molecular weight is 476 g/mol. The summed E-state index contributed by atoms with van der Waals surface area (Å²) in [6, 6.07) is 6.74. The van der Waals surface area contributed by atoms with Crippen molar-refractivity contribution in [1.82, 2.24) is 4.90 Å². The Labute approximate surface area is 191 Å². The monoisotopic (exact) mass is 475 g/mol. The summed E-state index contributed by atoms with van der Waals surface area (Å²) in [5.41, 5.74) is 1.77. The number of hydrogen-bond donors (Lipinski definition) is 1. The molecule has 170 valence electrons. The van der Waals surface area contributed by atoms with Crippen molar-refractivity contribution in [3.05, 3.63) is 45.8 Å². The van der Waals surface area contributed by atoms with E-state index in [0.29, 0.717) is 41.5 Å². The van der Waals surface area contributed by atoms with Gasteiger partial charge >= 0.3 is 5.97 Å². The molecule has 1 atom stereocenters. The number of amidine groups is 1. The quantitative estimate of drug-likeness (QED) is 0.680. The third kappa shape index (κ3) is 4.04. The molecular weight excluding hydrogens is 450 g/mol. The number of likely N-dealkylation sites (tertiary alicyclic amines) is 1. The molecule has 0 saturated carbocycles. The maximum absolute atomic E-state index is 13.1. The molecule has 0 aliphatic carbocycles. The minimum absolute atomic E-state index is 0.198. The average Bonchev–Trinajstić information content (AvgIpc) is 3.21. The number of carbonyl (C=O) groups excluding carboxylic acids is 2. The number of esters is 1. The van der Waals surface area contributed by atoms with Crippen molar-refractivity contribution in [1.29, 1.82) is 0 Å². The highest BCUT2D eigenvalue weighted by Gasteiger charge is 2.35. The number of amides is 1. The standard InChI is InChI=1S/C22H25N3O5S2/c1-4-30-22(27)18-13(2)14(3)31-21(18)23-20(26)15-8-7-11-25(12-15)19-16-9-5-6-10-17(16)32(28,29)24-19/h5-6,9-10,15H,4,7-8,11-12H2,1-3H3,(H,23,26)/t15-/m1/s1. The van der Waals surface area contributed by atoms with Gasteiger partial charge in [-0.2, -0.15) is 8.42 Å². The largest absolute Gasteiger partial charge is 0.462 e. The first-order chi connectivity index (χ1) is 15.2. The Bertz CT molecular complexity index is 1220. The molecule has 1 aromatic carbocycles. The fourth-order valence-electron chi connectivity index (χ4n) is 4.08. The van der Waals surface area contributed by atoms with Crippen LogP contribution in [0.2, 0.25) is 0 Å². The summed E-state index contributed by atoms with van der Waals surface area (Å²) in [5.74, 6) is -0.610. The molecule has 0 spiro atoms. The Morgan fingerprint density at radius 2 is 2.03 bits per heavy atom. The minimum atomic E-state index is -3.72. The lowest BCUT2D eigenvalue weighted by Crippen LogP contribution is -2.43. The van der Waals surface area contributed by atoms with Crippen molar-refractivity contribution in [2.75, 3.05) is 25.0 Å².